The number of fused-ring (bicyclic) bond motifs is 1. The first-order valence-corrected chi connectivity index (χ1v) is 11.0. The van der Waals surface area contributed by atoms with Crippen molar-refractivity contribution < 1.29 is 18.1 Å². The number of hydrogen-bond donors (Lipinski definition) is 1. The third-order valence-corrected chi connectivity index (χ3v) is 6.08. The lowest BCUT2D eigenvalue weighted by Gasteiger charge is -2.19. The summed E-state index contributed by atoms with van der Waals surface area (Å²) in [4.78, 5) is 17.2. The number of halogens is 2. The van der Waals surface area contributed by atoms with E-state index in [1.807, 2.05) is 6.07 Å². The van der Waals surface area contributed by atoms with Gasteiger partial charge in [-0.25, -0.2) is 13.6 Å². The molecule has 2 aromatic carbocycles. The second-order valence-electron chi connectivity index (χ2n) is 6.83. The second-order valence-corrected chi connectivity index (χ2v) is 8.42. The minimum Gasteiger partial charge on any atom is -0.481 e. The predicted molar refractivity (Wildman–Crippen MR) is 123 cm³/mol. The number of ether oxygens (including phenoxy) is 1. The first-order chi connectivity index (χ1) is 15.4. The van der Waals surface area contributed by atoms with E-state index in [0.29, 0.717) is 34.7 Å². The Morgan fingerprint density at radius 1 is 1.22 bits per heavy atom. The standard InChI is InChI=1S/C24H16ClFN2O3S/c1-31-23-10-7-16(14-27-23)4-2-3-15-6-9-21-18(11-15)24(29)22(32(30)28-21)13-17-5-8-19(25)20(26)12-17/h5-14,28H,4H2,1H3/b22-13-. The Morgan fingerprint density at radius 3 is 2.78 bits per heavy atom. The van der Waals surface area contributed by atoms with Crippen molar-refractivity contribution in [1.29, 1.82) is 0 Å². The zero-order valence-corrected chi connectivity index (χ0v) is 18.4. The number of nitrogens with zero attached hydrogens (tertiary/aromatic N) is 1. The SMILES string of the molecule is COc1ccc(CC#Cc2ccc3c(c2)C(=O)/C(=C/c2ccc(Cl)c(F)c2)S(=O)N3)cn1. The number of nitrogens with one attached hydrogen (secondary N) is 1. The summed E-state index contributed by atoms with van der Waals surface area (Å²) >= 11 is 5.70. The van der Waals surface area contributed by atoms with Gasteiger partial charge in [-0.3, -0.25) is 4.79 Å². The van der Waals surface area contributed by atoms with E-state index >= 15 is 0 Å². The molecule has 5 nitrogen and oxygen atoms in total. The molecule has 0 spiro atoms. The molecule has 0 saturated heterocycles. The molecule has 0 saturated carbocycles. The topological polar surface area (TPSA) is 68.3 Å². The Bertz CT molecular complexity index is 1330. The van der Waals surface area contributed by atoms with Crippen molar-refractivity contribution in [2.24, 2.45) is 0 Å². The molecule has 1 unspecified atom stereocenters. The van der Waals surface area contributed by atoms with E-state index in [1.165, 1.54) is 18.2 Å². The van der Waals surface area contributed by atoms with Gasteiger partial charge < -0.3 is 9.46 Å². The van der Waals surface area contributed by atoms with Crippen molar-refractivity contribution in [1.82, 2.24) is 4.98 Å². The predicted octanol–water partition coefficient (Wildman–Crippen LogP) is 4.79. The van der Waals surface area contributed by atoms with E-state index in [4.69, 9.17) is 16.3 Å². The van der Waals surface area contributed by atoms with Crippen molar-refractivity contribution in [3.8, 4) is 17.7 Å². The van der Waals surface area contributed by atoms with Gasteiger partial charge in [0.05, 0.1) is 17.8 Å². The third kappa shape index (κ3) is 4.72. The highest BCUT2D eigenvalue weighted by Crippen LogP contribution is 2.30. The van der Waals surface area contributed by atoms with Gasteiger partial charge in [0.2, 0.25) is 11.7 Å². The number of anilines is 1. The number of carbonyl (C=O) groups excluding carboxylic acids is 1. The number of carbonyl (C=O) groups is 1. The number of methoxy groups -OCH3 is 1. The lowest BCUT2D eigenvalue weighted by atomic mass is 10.0. The van der Waals surface area contributed by atoms with E-state index in [-0.39, 0.29) is 9.93 Å². The Balaban J connectivity index is 1.58. The van der Waals surface area contributed by atoms with Gasteiger partial charge in [0.15, 0.2) is 11.0 Å². The molecule has 160 valence electrons. The molecule has 1 aliphatic heterocycles. The molecule has 0 fully saturated rings. The van der Waals surface area contributed by atoms with Crippen LogP contribution in [0, 0.1) is 17.7 Å². The lowest BCUT2D eigenvalue weighted by Crippen LogP contribution is -2.22. The van der Waals surface area contributed by atoms with Crippen LogP contribution in [-0.2, 0) is 17.4 Å². The van der Waals surface area contributed by atoms with Crippen molar-refractivity contribution in [3.63, 3.8) is 0 Å². The van der Waals surface area contributed by atoms with Crippen LogP contribution in [-0.4, -0.2) is 22.1 Å². The molecule has 0 radical (unpaired) electrons. The summed E-state index contributed by atoms with van der Waals surface area (Å²) in [6, 6.07) is 12.8. The zero-order chi connectivity index (χ0) is 22.7. The third-order valence-electron chi connectivity index (χ3n) is 4.66. The molecule has 1 atom stereocenters. The minimum absolute atomic E-state index is 0.0219. The van der Waals surface area contributed by atoms with Crippen molar-refractivity contribution in [2.75, 3.05) is 11.8 Å². The van der Waals surface area contributed by atoms with Gasteiger partial charge in [-0.15, -0.1) is 0 Å². The van der Waals surface area contributed by atoms with Crippen LogP contribution in [0.15, 0.2) is 59.6 Å². The van der Waals surface area contributed by atoms with Crippen LogP contribution >= 0.6 is 11.6 Å². The fraction of sp³-hybridized carbons (Fsp3) is 0.0833. The van der Waals surface area contributed by atoms with E-state index in [1.54, 1.807) is 43.6 Å². The molecule has 1 aromatic heterocycles. The quantitative estimate of drug-likeness (QED) is 0.445. The highest BCUT2D eigenvalue weighted by molar-refractivity contribution is 7.91. The molecule has 0 aliphatic carbocycles. The molecular formula is C24H16ClFN2O3S. The average Bonchev–Trinajstić information content (AvgIpc) is 2.80. The molecule has 3 aromatic rings. The number of pyridine rings is 1. The highest BCUT2D eigenvalue weighted by Gasteiger charge is 2.27. The highest BCUT2D eigenvalue weighted by atomic mass is 35.5. The van der Waals surface area contributed by atoms with Gasteiger partial charge in [-0.05, 0) is 47.5 Å². The molecule has 32 heavy (non-hydrogen) atoms. The summed E-state index contributed by atoms with van der Waals surface area (Å²) in [5.41, 5.74) is 2.77. The first kappa shape index (κ1) is 21.8. The van der Waals surface area contributed by atoms with E-state index in [2.05, 4.69) is 21.5 Å². The van der Waals surface area contributed by atoms with Gasteiger partial charge in [0.25, 0.3) is 0 Å². The largest absolute Gasteiger partial charge is 0.481 e. The number of hydrogen-bond acceptors (Lipinski definition) is 4. The summed E-state index contributed by atoms with van der Waals surface area (Å²) in [5, 5.41) is -0.0275. The van der Waals surface area contributed by atoms with Crippen LogP contribution in [0.25, 0.3) is 6.08 Å². The van der Waals surface area contributed by atoms with Gasteiger partial charge in [0.1, 0.15) is 10.7 Å². The Labute approximate surface area is 191 Å². The summed E-state index contributed by atoms with van der Waals surface area (Å²) in [7, 11) is -0.215. The molecule has 0 bridgehead atoms. The Hall–Kier alpha value is -3.47. The van der Waals surface area contributed by atoms with E-state index in [0.717, 1.165) is 5.56 Å². The summed E-state index contributed by atoms with van der Waals surface area (Å²) in [6.07, 6.45) is 3.57. The monoisotopic (exact) mass is 466 g/mol. The molecule has 1 N–H and O–H groups in total. The van der Waals surface area contributed by atoms with Crippen LogP contribution in [0.4, 0.5) is 10.1 Å². The van der Waals surface area contributed by atoms with Gasteiger partial charge in [-0.1, -0.05) is 35.6 Å². The van der Waals surface area contributed by atoms with Crippen molar-refractivity contribution in [2.45, 2.75) is 6.42 Å². The summed E-state index contributed by atoms with van der Waals surface area (Å²) < 4.78 is 34.1. The normalized spacial score (nSPS) is 16.0. The molecule has 2 heterocycles. The molecule has 4 rings (SSSR count). The molecule has 8 heteroatoms. The van der Waals surface area contributed by atoms with Crippen molar-refractivity contribution >= 4 is 40.1 Å². The fourth-order valence-corrected chi connectivity index (χ4v) is 4.15. The Kier molecular flexibility index (Phi) is 6.35. The van der Waals surface area contributed by atoms with Crippen LogP contribution in [0.1, 0.15) is 27.0 Å². The number of rotatable bonds is 3. The second kappa shape index (κ2) is 9.35. The molecular weight excluding hydrogens is 451 g/mol. The maximum Gasteiger partial charge on any atom is 0.212 e. The van der Waals surface area contributed by atoms with Crippen LogP contribution in [0.5, 0.6) is 5.88 Å². The van der Waals surface area contributed by atoms with Crippen LogP contribution < -0.4 is 9.46 Å². The number of allylic oxidation sites excluding steroid dienone is 1. The van der Waals surface area contributed by atoms with Crippen LogP contribution in [0.3, 0.4) is 0 Å². The average molecular weight is 467 g/mol. The number of ketones is 1. The van der Waals surface area contributed by atoms with Crippen LogP contribution in [0.2, 0.25) is 5.02 Å². The van der Waals surface area contributed by atoms with Gasteiger partial charge in [-0.2, -0.15) is 0 Å². The maximum atomic E-state index is 13.7. The lowest BCUT2D eigenvalue weighted by molar-refractivity contribution is 0.104. The van der Waals surface area contributed by atoms with Gasteiger partial charge >= 0.3 is 0 Å². The zero-order valence-electron chi connectivity index (χ0n) is 16.8. The number of aromatic nitrogens is 1. The summed E-state index contributed by atoms with van der Waals surface area (Å²) in [5.74, 6) is 5.60. The van der Waals surface area contributed by atoms with Crippen molar-refractivity contribution in [3.05, 3.63) is 92.7 Å². The first-order valence-electron chi connectivity index (χ1n) is 9.46. The smallest absolute Gasteiger partial charge is 0.212 e. The minimum atomic E-state index is -1.77. The molecule has 1 aliphatic rings. The van der Waals surface area contributed by atoms with E-state index in [9.17, 15) is 13.4 Å². The Morgan fingerprint density at radius 2 is 2.06 bits per heavy atom. The molecule has 0 amide bonds. The van der Waals surface area contributed by atoms with Gasteiger partial charge in [0, 0.05) is 29.8 Å². The number of benzene rings is 2. The maximum absolute atomic E-state index is 13.7. The fourth-order valence-electron chi connectivity index (χ4n) is 3.03. The number of Topliss-reactive ketones (excluding diaryl/α,β-unsaturated/α-hetero) is 1. The van der Waals surface area contributed by atoms with E-state index < -0.39 is 22.6 Å². The summed E-state index contributed by atoms with van der Waals surface area (Å²) in [6.45, 7) is 0.